The molecule has 2 aromatic carbocycles. The number of aromatic nitrogens is 3. The quantitative estimate of drug-likeness (QED) is 0.336. The molecule has 0 bridgehead atoms. The Hall–Kier alpha value is -4.31. The third-order valence-corrected chi connectivity index (χ3v) is 6.68. The number of piperazine rings is 1. The number of H-pyrrole nitrogens is 1. The molecular weight excluding hydrogens is 486 g/mol. The van der Waals surface area contributed by atoms with E-state index in [4.69, 9.17) is 18.7 Å². The third kappa shape index (κ3) is 5.50. The van der Waals surface area contributed by atoms with Gasteiger partial charge in [0, 0.05) is 49.4 Å². The molecule has 1 aliphatic rings. The molecule has 2 aromatic heterocycles. The van der Waals surface area contributed by atoms with Crippen LogP contribution in [0.15, 0.2) is 53.2 Å². The van der Waals surface area contributed by atoms with E-state index in [2.05, 4.69) is 26.1 Å². The highest BCUT2D eigenvalue weighted by atomic mass is 16.5. The van der Waals surface area contributed by atoms with E-state index in [1.165, 1.54) is 0 Å². The highest BCUT2D eigenvalue weighted by Crippen LogP contribution is 2.38. The maximum absolute atomic E-state index is 12.8. The second kappa shape index (κ2) is 11.4. The average molecular weight is 518 g/mol. The smallest absolute Gasteiger partial charge is 0.246 e. The number of carbonyl (C=O) groups excluding carboxylic acids is 1. The van der Waals surface area contributed by atoms with E-state index in [-0.39, 0.29) is 5.91 Å². The lowest BCUT2D eigenvalue weighted by Gasteiger charge is -2.33. The fourth-order valence-corrected chi connectivity index (χ4v) is 4.66. The normalized spacial score (nSPS) is 14.3. The van der Waals surface area contributed by atoms with E-state index in [0.29, 0.717) is 55.0 Å². The standard InChI is InChI=1S/C28H31N5O5/c1-35-23-14-19(15-24(36-2)28(23)37-3)8-9-27(34)33-12-10-32(11-13-33)18-25-30-26(38-31-25)16-20-17-29-22-7-5-4-6-21(20)22/h4-9,14-15,17,29H,10-13,16,18H2,1-3H3/b9-8+. The molecule has 1 N–H and O–H groups in total. The van der Waals surface area contributed by atoms with E-state index in [9.17, 15) is 4.79 Å². The van der Waals surface area contributed by atoms with E-state index < -0.39 is 0 Å². The van der Waals surface area contributed by atoms with E-state index in [0.717, 1.165) is 35.1 Å². The summed E-state index contributed by atoms with van der Waals surface area (Å²) in [7, 11) is 4.69. The van der Waals surface area contributed by atoms with Crippen molar-refractivity contribution in [3.63, 3.8) is 0 Å². The Bertz CT molecular complexity index is 1410. The van der Waals surface area contributed by atoms with Crippen LogP contribution in [0.25, 0.3) is 17.0 Å². The molecule has 1 fully saturated rings. The molecule has 0 aliphatic carbocycles. The van der Waals surface area contributed by atoms with Crippen molar-refractivity contribution in [2.45, 2.75) is 13.0 Å². The largest absolute Gasteiger partial charge is 0.493 e. The fraction of sp³-hybridized carbons (Fsp3) is 0.321. The van der Waals surface area contributed by atoms with Crippen LogP contribution in [0.5, 0.6) is 17.2 Å². The molecule has 0 atom stereocenters. The number of hydrogen-bond acceptors (Lipinski definition) is 8. The maximum atomic E-state index is 12.8. The molecule has 4 aromatic rings. The van der Waals surface area contributed by atoms with E-state index in [1.807, 2.05) is 29.3 Å². The number of carbonyl (C=O) groups is 1. The van der Waals surface area contributed by atoms with Crippen molar-refractivity contribution in [1.82, 2.24) is 24.9 Å². The summed E-state index contributed by atoms with van der Waals surface area (Å²) in [5.41, 5.74) is 3.00. The maximum Gasteiger partial charge on any atom is 0.246 e. The zero-order valence-corrected chi connectivity index (χ0v) is 21.8. The van der Waals surface area contributed by atoms with Gasteiger partial charge in [-0.15, -0.1) is 0 Å². The van der Waals surface area contributed by atoms with Crippen molar-refractivity contribution in [2.24, 2.45) is 0 Å². The lowest BCUT2D eigenvalue weighted by Crippen LogP contribution is -2.47. The number of hydrogen-bond donors (Lipinski definition) is 1. The molecule has 3 heterocycles. The highest BCUT2D eigenvalue weighted by Gasteiger charge is 2.22. The molecule has 10 heteroatoms. The summed E-state index contributed by atoms with van der Waals surface area (Å²) in [4.78, 5) is 24.7. The summed E-state index contributed by atoms with van der Waals surface area (Å²) >= 11 is 0. The van der Waals surface area contributed by atoms with Gasteiger partial charge >= 0.3 is 0 Å². The SMILES string of the molecule is COc1cc(/C=C/C(=O)N2CCN(Cc3noc(Cc4c[nH]c5ccccc45)n3)CC2)cc(OC)c1OC. The number of amides is 1. The van der Waals surface area contributed by atoms with Crippen molar-refractivity contribution in [3.8, 4) is 17.2 Å². The molecule has 0 spiro atoms. The molecule has 10 nitrogen and oxygen atoms in total. The topological polar surface area (TPSA) is 106 Å². The van der Waals surface area contributed by atoms with Gasteiger partial charge in [0.1, 0.15) is 0 Å². The Morgan fingerprint density at radius 3 is 2.50 bits per heavy atom. The van der Waals surface area contributed by atoms with Gasteiger partial charge in [0.25, 0.3) is 0 Å². The number of benzene rings is 2. The molecule has 0 saturated carbocycles. The van der Waals surface area contributed by atoms with Crippen molar-refractivity contribution >= 4 is 22.9 Å². The second-order valence-electron chi connectivity index (χ2n) is 9.03. The fourth-order valence-electron chi connectivity index (χ4n) is 4.66. The van der Waals surface area contributed by atoms with Gasteiger partial charge < -0.3 is 28.6 Å². The number of ether oxygens (including phenoxy) is 3. The van der Waals surface area contributed by atoms with Crippen molar-refractivity contribution in [1.29, 1.82) is 0 Å². The number of nitrogens with zero attached hydrogens (tertiary/aromatic N) is 4. The Morgan fingerprint density at radius 1 is 1.05 bits per heavy atom. The molecule has 0 unspecified atom stereocenters. The van der Waals surface area contributed by atoms with Gasteiger partial charge in [-0.05, 0) is 35.4 Å². The van der Waals surface area contributed by atoms with Crippen LogP contribution in [0, 0.1) is 0 Å². The number of rotatable bonds is 9. The van der Waals surface area contributed by atoms with Crippen LogP contribution in [0.3, 0.4) is 0 Å². The van der Waals surface area contributed by atoms with Crippen LogP contribution in [-0.4, -0.2) is 78.3 Å². The van der Waals surface area contributed by atoms with Gasteiger partial charge in [-0.25, -0.2) is 0 Å². The Morgan fingerprint density at radius 2 is 1.79 bits per heavy atom. The van der Waals surface area contributed by atoms with E-state index in [1.54, 1.807) is 45.6 Å². The first-order valence-electron chi connectivity index (χ1n) is 12.4. The molecule has 5 rings (SSSR count). The Labute approximate surface area is 220 Å². The van der Waals surface area contributed by atoms with Gasteiger partial charge in [-0.2, -0.15) is 4.98 Å². The molecule has 0 radical (unpaired) electrons. The monoisotopic (exact) mass is 517 g/mol. The summed E-state index contributed by atoms with van der Waals surface area (Å²) < 4.78 is 21.6. The van der Waals surface area contributed by atoms with Crippen LogP contribution in [0.2, 0.25) is 0 Å². The van der Waals surface area contributed by atoms with Gasteiger partial charge in [-0.3, -0.25) is 9.69 Å². The number of aromatic amines is 1. The van der Waals surface area contributed by atoms with Crippen molar-refractivity contribution < 1.29 is 23.5 Å². The summed E-state index contributed by atoms with van der Waals surface area (Å²) in [6.07, 6.45) is 5.90. The molecular formula is C28H31N5O5. The number of methoxy groups -OCH3 is 3. The first-order chi connectivity index (χ1) is 18.6. The number of para-hydroxylation sites is 1. The van der Waals surface area contributed by atoms with Crippen LogP contribution < -0.4 is 14.2 Å². The first kappa shape index (κ1) is 25.3. The average Bonchev–Trinajstić information content (AvgIpc) is 3.58. The predicted octanol–water partition coefficient (Wildman–Crippen LogP) is 3.53. The van der Waals surface area contributed by atoms with Crippen LogP contribution in [0.4, 0.5) is 0 Å². The summed E-state index contributed by atoms with van der Waals surface area (Å²) in [6.45, 7) is 3.30. The minimum atomic E-state index is -0.0426. The van der Waals surface area contributed by atoms with E-state index >= 15 is 0 Å². The third-order valence-electron chi connectivity index (χ3n) is 6.68. The summed E-state index contributed by atoms with van der Waals surface area (Å²) in [5.74, 6) is 2.80. The van der Waals surface area contributed by atoms with Gasteiger partial charge in [0.05, 0.1) is 34.3 Å². The van der Waals surface area contributed by atoms with Crippen LogP contribution in [-0.2, 0) is 17.8 Å². The summed E-state index contributed by atoms with van der Waals surface area (Å²) in [6, 6.07) is 11.8. The zero-order chi connectivity index (χ0) is 26.5. The van der Waals surface area contributed by atoms with Crippen LogP contribution in [0.1, 0.15) is 22.8 Å². The molecule has 198 valence electrons. The zero-order valence-electron chi connectivity index (χ0n) is 21.8. The molecule has 1 aliphatic heterocycles. The lowest BCUT2D eigenvalue weighted by atomic mass is 10.1. The molecule has 38 heavy (non-hydrogen) atoms. The van der Waals surface area contributed by atoms with Gasteiger partial charge in [0.2, 0.25) is 17.5 Å². The van der Waals surface area contributed by atoms with Crippen molar-refractivity contribution in [3.05, 3.63) is 71.5 Å². The Kier molecular flexibility index (Phi) is 7.60. The minimum absolute atomic E-state index is 0.0426. The minimum Gasteiger partial charge on any atom is -0.493 e. The van der Waals surface area contributed by atoms with Gasteiger partial charge in [-0.1, -0.05) is 23.4 Å². The first-order valence-corrected chi connectivity index (χ1v) is 12.4. The highest BCUT2D eigenvalue weighted by molar-refractivity contribution is 5.92. The number of nitrogens with one attached hydrogen (secondary N) is 1. The lowest BCUT2D eigenvalue weighted by molar-refractivity contribution is -0.127. The Balaban J connectivity index is 1.14. The summed E-state index contributed by atoms with van der Waals surface area (Å²) in [5, 5.41) is 5.33. The number of fused-ring (bicyclic) bond motifs is 1. The predicted molar refractivity (Wildman–Crippen MR) is 142 cm³/mol. The van der Waals surface area contributed by atoms with Crippen molar-refractivity contribution in [2.75, 3.05) is 47.5 Å². The van der Waals surface area contributed by atoms with Gasteiger partial charge in [0.15, 0.2) is 17.3 Å². The van der Waals surface area contributed by atoms with Crippen LogP contribution >= 0.6 is 0 Å². The molecule has 1 saturated heterocycles. The second-order valence-corrected chi connectivity index (χ2v) is 9.03. The molecule has 1 amide bonds.